The van der Waals surface area contributed by atoms with Crippen LogP contribution in [-0.4, -0.2) is 61.8 Å². The van der Waals surface area contributed by atoms with Crippen molar-refractivity contribution in [1.29, 1.82) is 0 Å². The zero-order valence-corrected chi connectivity index (χ0v) is 20.0. The minimum absolute atomic E-state index is 0.0529. The third kappa shape index (κ3) is 6.29. The van der Waals surface area contributed by atoms with Gasteiger partial charge in [-0.2, -0.15) is 0 Å². The van der Waals surface area contributed by atoms with Crippen LogP contribution in [0.4, 0.5) is 13.6 Å². The van der Waals surface area contributed by atoms with Crippen molar-refractivity contribution in [1.82, 2.24) is 15.5 Å². The Balaban J connectivity index is 1.76. The van der Waals surface area contributed by atoms with Gasteiger partial charge in [0.15, 0.2) is 6.10 Å². The summed E-state index contributed by atoms with van der Waals surface area (Å²) in [6.07, 6.45) is -1.71. The maximum Gasteiger partial charge on any atom is 0.327 e. The highest BCUT2D eigenvalue weighted by Crippen LogP contribution is 2.39. The van der Waals surface area contributed by atoms with Crippen molar-refractivity contribution in [2.45, 2.75) is 49.7 Å². The molecule has 4 N–H and O–H groups in total. The Morgan fingerprint density at radius 2 is 1.74 bits per heavy atom. The number of aliphatic carboxylic acids is 1. The van der Waals surface area contributed by atoms with Crippen molar-refractivity contribution in [3.05, 3.63) is 71.3 Å². The van der Waals surface area contributed by atoms with E-state index in [9.17, 15) is 33.4 Å². The molecule has 0 saturated carbocycles. The number of rotatable bonds is 8. The molecule has 35 heavy (non-hydrogen) atoms. The summed E-state index contributed by atoms with van der Waals surface area (Å²) in [7, 11) is 0. The Morgan fingerprint density at radius 1 is 1.11 bits per heavy atom. The molecule has 11 heteroatoms. The van der Waals surface area contributed by atoms with E-state index < -0.39 is 59.0 Å². The first-order valence-electron chi connectivity index (χ1n) is 10.9. The van der Waals surface area contributed by atoms with Crippen molar-refractivity contribution < 1.29 is 33.4 Å². The van der Waals surface area contributed by atoms with E-state index in [0.29, 0.717) is 5.56 Å². The third-order valence-electron chi connectivity index (χ3n) is 5.80. The first-order chi connectivity index (χ1) is 16.5. The number of urea groups is 1. The van der Waals surface area contributed by atoms with E-state index >= 15 is 0 Å². The molecule has 1 aliphatic rings. The molecule has 0 aliphatic carbocycles. The van der Waals surface area contributed by atoms with E-state index in [2.05, 4.69) is 10.6 Å². The van der Waals surface area contributed by atoms with Gasteiger partial charge in [0.1, 0.15) is 17.7 Å². The van der Waals surface area contributed by atoms with E-state index in [4.69, 9.17) is 0 Å². The van der Waals surface area contributed by atoms with Gasteiger partial charge < -0.3 is 25.7 Å². The first-order valence-corrected chi connectivity index (χ1v) is 11.9. The predicted octanol–water partition coefficient (Wildman–Crippen LogP) is 2.50. The number of halogens is 2. The summed E-state index contributed by atoms with van der Waals surface area (Å²) >= 11 is 1.27. The Bertz CT molecular complexity index is 1070. The zero-order valence-electron chi connectivity index (χ0n) is 19.2. The molecule has 1 fully saturated rings. The van der Waals surface area contributed by atoms with Crippen molar-refractivity contribution in [3.8, 4) is 0 Å². The van der Waals surface area contributed by atoms with Crippen molar-refractivity contribution in [2.24, 2.45) is 0 Å². The number of carboxylic acids is 1. The number of carbonyl (C=O) groups excluding carboxylic acids is 2. The topological polar surface area (TPSA) is 119 Å². The van der Waals surface area contributed by atoms with Crippen LogP contribution in [0.1, 0.15) is 25.0 Å². The van der Waals surface area contributed by atoms with Crippen LogP contribution in [0.2, 0.25) is 0 Å². The van der Waals surface area contributed by atoms with Gasteiger partial charge in [0, 0.05) is 10.3 Å². The highest BCUT2D eigenvalue weighted by Gasteiger charge is 2.50. The SMILES string of the molecule is CC1(C)SCN(C(=O)C(O)C(Cc2ccccc2)NC(=O)NCc2c(F)cccc2F)C1C(=O)O. The van der Waals surface area contributed by atoms with E-state index in [1.165, 1.54) is 17.8 Å². The van der Waals surface area contributed by atoms with Crippen molar-refractivity contribution >= 4 is 29.7 Å². The molecular formula is C24H27F2N3O5S. The van der Waals surface area contributed by atoms with Gasteiger partial charge in [-0.05, 0) is 38.0 Å². The molecule has 0 aromatic heterocycles. The van der Waals surface area contributed by atoms with Crippen molar-refractivity contribution in [2.75, 3.05) is 5.88 Å². The van der Waals surface area contributed by atoms with Gasteiger partial charge in [-0.25, -0.2) is 18.4 Å². The van der Waals surface area contributed by atoms with Crippen LogP contribution < -0.4 is 10.6 Å². The normalized spacial score (nSPS) is 18.5. The molecule has 188 valence electrons. The second kappa shape index (κ2) is 11.0. The van der Waals surface area contributed by atoms with E-state index in [0.717, 1.165) is 17.0 Å². The number of amides is 3. The summed E-state index contributed by atoms with van der Waals surface area (Å²) in [5, 5.41) is 25.4. The monoisotopic (exact) mass is 507 g/mol. The molecule has 3 atom stereocenters. The maximum atomic E-state index is 13.9. The number of thioether (sulfide) groups is 1. The lowest BCUT2D eigenvalue weighted by Gasteiger charge is -2.31. The van der Waals surface area contributed by atoms with Crippen LogP contribution in [0.3, 0.4) is 0 Å². The van der Waals surface area contributed by atoms with Crippen LogP contribution >= 0.6 is 11.8 Å². The molecule has 1 aliphatic heterocycles. The number of carboxylic acid groups (broad SMARTS) is 1. The van der Waals surface area contributed by atoms with Gasteiger partial charge in [0.25, 0.3) is 5.91 Å². The summed E-state index contributed by atoms with van der Waals surface area (Å²) in [5.41, 5.74) is 0.371. The van der Waals surface area contributed by atoms with Gasteiger partial charge in [-0.3, -0.25) is 4.79 Å². The van der Waals surface area contributed by atoms with E-state index in [1.54, 1.807) is 44.2 Å². The molecule has 1 heterocycles. The minimum atomic E-state index is -1.76. The van der Waals surface area contributed by atoms with E-state index in [-0.39, 0.29) is 17.9 Å². The molecule has 0 radical (unpaired) electrons. The summed E-state index contributed by atoms with van der Waals surface area (Å²) in [5.74, 6) is -3.61. The fraction of sp³-hybridized carbons (Fsp3) is 0.375. The van der Waals surface area contributed by atoms with Gasteiger partial charge >= 0.3 is 12.0 Å². The lowest BCUT2D eigenvalue weighted by Crippen LogP contribution is -2.57. The highest BCUT2D eigenvalue weighted by molar-refractivity contribution is 8.00. The maximum absolute atomic E-state index is 13.9. The number of aliphatic hydroxyl groups is 1. The van der Waals surface area contributed by atoms with E-state index in [1.807, 2.05) is 0 Å². The number of carbonyl (C=O) groups is 3. The largest absolute Gasteiger partial charge is 0.480 e. The number of nitrogens with one attached hydrogen (secondary N) is 2. The Kier molecular flexibility index (Phi) is 8.34. The zero-order chi connectivity index (χ0) is 25.8. The molecule has 3 rings (SSSR count). The van der Waals surface area contributed by atoms with Gasteiger partial charge in [0.05, 0.1) is 18.5 Å². The molecule has 3 amide bonds. The summed E-state index contributed by atoms with van der Waals surface area (Å²) in [6, 6.07) is 8.94. The Labute approximate surface area is 205 Å². The average Bonchev–Trinajstić information content (AvgIpc) is 3.13. The van der Waals surface area contributed by atoms with Crippen LogP contribution in [0.15, 0.2) is 48.5 Å². The lowest BCUT2D eigenvalue weighted by atomic mass is 9.98. The summed E-state index contributed by atoms with van der Waals surface area (Å²) in [6.45, 7) is 2.95. The van der Waals surface area contributed by atoms with Gasteiger partial charge in [0.2, 0.25) is 0 Å². The smallest absolute Gasteiger partial charge is 0.327 e. The second-order valence-electron chi connectivity index (χ2n) is 8.69. The molecule has 2 aromatic carbocycles. The average molecular weight is 508 g/mol. The molecule has 1 saturated heterocycles. The lowest BCUT2D eigenvalue weighted by molar-refractivity contribution is -0.154. The van der Waals surface area contributed by atoms with Gasteiger partial charge in [-0.1, -0.05) is 36.4 Å². The molecular weight excluding hydrogens is 480 g/mol. The molecule has 8 nitrogen and oxygen atoms in total. The molecule has 2 aromatic rings. The predicted molar refractivity (Wildman–Crippen MR) is 126 cm³/mol. The second-order valence-corrected chi connectivity index (χ2v) is 10.3. The molecule has 3 unspecified atom stereocenters. The summed E-state index contributed by atoms with van der Waals surface area (Å²) in [4.78, 5) is 38.6. The Morgan fingerprint density at radius 3 is 2.34 bits per heavy atom. The van der Waals surface area contributed by atoms with Crippen LogP contribution in [-0.2, 0) is 22.6 Å². The number of nitrogens with zero attached hydrogens (tertiary/aromatic N) is 1. The molecule has 0 spiro atoms. The standard InChI is InChI=1S/C24H27F2N3O5S/c1-24(2)20(22(32)33)29(13-35-24)21(31)19(30)18(11-14-7-4-3-5-8-14)28-23(34)27-12-15-16(25)9-6-10-17(15)26/h3-10,18-20,30H,11-13H2,1-2H3,(H,32,33)(H2,27,28,34). The quantitative estimate of drug-likeness (QED) is 0.436. The third-order valence-corrected chi connectivity index (χ3v) is 7.17. The fourth-order valence-electron chi connectivity index (χ4n) is 3.93. The molecule has 0 bridgehead atoms. The minimum Gasteiger partial charge on any atom is -0.480 e. The Hall–Kier alpha value is -3.18. The summed E-state index contributed by atoms with van der Waals surface area (Å²) < 4.78 is 27.0. The first kappa shape index (κ1) is 26.4. The number of aliphatic hydroxyl groups excluding tert-OH is 1. The van der Waals surface area contributed by atoms with Crippen LogP contribution in [0.25, 0.3) is 0 Å². The van der Waals surface area contributed by atoms with Crippen molar-refractivity contribution in [3.63, 3.8) is 0 Å². The number of hydrogen-bond acceptors (Lipinski definition) is 5. The highest BCUT2D eigenvalue weighted by atomic mass is 32.2. The number of benzene rings is 2. The fourth-order valence-corrected chi connectivity index (χ4v) is 5.06. The van der Waals surface area contributed by atoms with Crippen LogP contribution in [0.5, 0.6) is 0 Å². The number of hydrogen-bond donors (Lipinski definition) is 4. The van der Waals surface area contributed by atoms with Crippen LogP contribution in [0, 0.1) is 11.6 Å². The van der Waals surface area contributed by atoms with Gasteiger partial charge in [-0.15, -0.1) is 11.8 Å².